The van der Waals surface area contributed by atoms with Gasteiger partial charge in [0.25, 0.3) is 0 Å². The van der Waals surface area contributed by atoms with Gasteiger partial charge in [0, 0.05) is 18.8 Å². The number of hydrogen-bond donors (Lipinski definition) is 3. The Morgan fingerprint density at radius 2 is 2.00 bits per heavy atom. The fourth-order valence-electron chi connectivity index (χ4n) is 1.78. The lowest BCUT2D eigenvalue weighted by atomic mass is 10.1. The monoisotopic (exact) mass is 328 g/mol. The van der Waals surface area contributed by atoms with Gasteiger partial charge < -0.3 is 10.4 Å². The molecule has 0 radical (unpaired) electrons. The van der Waals surface area contributed by atoms with Crippen LogP contribution >= 0.6 is 0 Å². The van der Waals surface area contributed by atoms with Crippen LogP contribution in [0.5, 0.6) is 0 Å². The molecule has 1 rings (SSSR count). The molecule has 0 saturated heterocycles. The first-order chi connectivity index (χ1) is 10.3. The molecule has 124 valence electrons. The average molecular weight is 328 g/mol. The Hall–Kier alpha value is -1.60. The van der Waals surface area contributed by atoms with Crippen LogP contribution in [-0.2, 0) is 10.0 Å². The molecule has 0 saturated carbocycles. The number of benzene rings is 1. The smallest absolute Gasteiger partial charge is 0.337 e. The van der Waals surface area contributed by atoms with E-state index in [0.29, 0.717) is 18.8 Å². The molecule has 0 aliphatic heterocycles. The first-order valence-corrected chi connectivity index (χ1v) is 8.87. The van der Waals surface area contributed by atoms with Crippen molar-refractivity contribution in [2.75, 3.05) is 18.4 Å². The van der Waals surface area contributed by atoms with Gasteiger partial charge in [-0.25, -0.2) is 17.9 Å². The summed E-state index contributed by atoms with van der Waals surface area (Å²) in [5, 5.41) is 12.3. The topological polar surface area (TPSA) is 95.5 Å². The van der Waals surface area contributed by atoms with E-state index >= 15 is 0 Å². The Morgan fingerprint density at radius 1 is 1.32 bits per heavy atom. The number of anilines is 1. The first kappa shape index (κ1) is 18.4. The van der Waals surface area contributed by atoms with Gasteiger partial charge in [0.1, 0.15) is 0 Å². The van der Waals surface area contributed by atoms with Crippen LogP contribution in [-0.4, -0.2) is 32.6 Å². The number of carbonyl (C=O) groups is 1. The molecule has 0 aliphatic rings. The van der Waals surface area contributed by atoms with Crippen molar-refractivity contribution in [1.29, 1.82) is 0 Å². The van der Waals surface area contributed by atoms with E-state index in [0.717, 1.165) is 12.8 Å². The zero-order valence-electron chi connectivity index (χ0n) is 13.2. The van der Waals surface area contributed by atoms with Crippen molar-refractivity contribution in [2.45, 2.75) is 38.5 Å². The average Bonchev–Trinajstić information content (AvgIpc) is 2.45. The van der Waals surface area contributed by atoms with Crippen LogP contribution in [0.4, 0.5) is 5.69 Å². The van der Waals surface area contributed by atoms with Gasteiger partial charge in [-0.1, -0.05) is 27.2 Å². The number of aromatic carboxylic acids is 1. The second-order valence-electron chi connectivity index (χ2n) is 5.54. The maximum absolute atomic E-state index is 12.2. The SMILES string of the molecule is CCCCNc1ccc(S(=O)(=O)NCC(C)C)cc1C(=O)O. The molecule has 6 nitrogen and oxygen atoms in total. The second kappa shape index (κ2) is 8.14. The fraction of sp³-hybridized carbons (Fsp3) is 0.533. The maximum Gasteiger partial charge on any atom is 0.337 e. The number of hydrogen-bond acceptors (Lipinski definition) is 4. The van der Waals surface area contributed by atoms with Crippen LogP contribution in [0.3, 0.4) is 0 Å². The van der Waals surface area contributed by atoms with Gasteiger partial charge >= 0.3 is 5.97 Å². The van der Waals surface area contributed by atoms with Crippen molar-refractivity contribution in [2.24, 2.45) is 5.92 Å². The largest absolute Gasteiger partial charge is 0.478 e. The Morgan fingerprint density at radius 3 is 2.55 bits per heavy atom. The van der Waals surface area contributed by atoms with Crippen molar-refractivity contribution in [1.82, 2.24) is 4.72 Å². The summed E-state index contributed by atoms with van der Waals surface area (Å²) in [4.78, 5) is 11.3. The molecule has 0 unspecified atom stereocenters. The van der Waals surface area contributed by atoms with Gasteiger partial charge in [-0.15, -0.1) is 0 Å². The van der Waals surface area contributed by atoms with E-state index < -0.39 is 16.0 Å². The molecule has 0 bridgehead atoms. The zero-order chi connectivity index (χ0) is 16.8. The van der Waals surface area contributed by atoms with E-state index in [2.05, 4.69) is 10.0 Å². The highest BCUT2D eigenvalue weighted by atomic mass is 32.2. The Balaban J connectivity index is 3.04. The molecule has 7 heteroatoms. The summed E-state index contributed by atoms with van der Waals surface area (Å²) in [6, 6.07) is 4.12. The highest BCUT2D eigenvalue weighted by Gasteiger charge is 2.19. The Labute approximate surface area is 132 Å². The summed E-state index contributed by atoms with van der Waals surface area (Å²) in [7, 11) is -3.69. The van der Waals surface area contributed by atoms with Crippen molar-refractivity contribution < 1.29 is 18.3 Å². The maximum atomic E-state index is 12.2. The fourth-order valence-corrected chi connectivity index (χ4v) is 3.02. The summed E-state index contributed by atoms with van der Waals surface area (Å²) in [6.45, 7) is 6.78. The molecule has 0 fully saturated rings. The minimum atomic E-state index is -3.69. The molecule has 0 amide bonds. The van der Waals surface area contributed by atoms with E-state index in [9.17, 15) is 18.3 Å². The predicted octanol–water partition coefficient (Wildman–Crippen LogP) is 2.53. The quantitative estimate of drug-likeness (QED) is 0.605. The third-order valence-corrected chi connectivity index (χ3v) is 4.48. The highest BCUT2D eigenvalue weighted by Crippen LogP contribution is 2.21. The third-order valence-electron chi connectivity index (χ3n) is 3.06. The molecule has 1 aromatic rings. The van der Waals surface area contributed by atoms with Crippen LogP contribution in [0.15, 0.2) is 23.1 Å². The van der Waals surface area contributed by atoms with E-state index in [1.165, 1.54) is 18.2 Å². The summed E-state index contributed by atoms with van der Waals surface area (Å²) in [6.07, 6.45) is 1.90. The van der Waals surface area contributed by atoms with E-state index in [1.807, 2.05) is 20.8 Å². The van der Waals surface area contributed by atoms with Gasteiger partial charge in [0.2, 0.25) is 10.0 Å². The molecule has 0 heterocycles. The lowest BCUT2D eigenvalue weighted by molar-refractivity contribution is 0.0697. The van der Waals surface area contributed by atoms with Gasteiger partial charge in [0.05, 0.1) is 10.5 Å². The van der Waals surface area contributed by atoms with Crippen LogP contribution in [0.25, 0.3) is 0 Å². The molecular weight excluding hydrogens is 304 g/mol. The molecule has 0 aromatic heterocycles. The minimum Gasteiger partial charge on any atom is -0.478 e. The summed E-state index contributed by atoms with van der Waals surface area (Å²) in [5.74, 6) is -0.983. The van der Waals surface area contributed by atoms with Crippen molar-refractivity contribution in [3.8, 4) is 0 Å². The Bertz CT molecular complexity index is 612. The molecule has 22 heavy (non-hydrogen) atoms. The molecule has 0 atom stereocenters. The van der Waals surface area contributed by atoms with Gasteiger partial charge in [-0.2, -0.15) is 0 Å². The second-order valence-corrected chi connectivity index (χ2v) is 7.31. The molecule has 0 spiro atoms. The van der Waals surface area contributed by atoms with E-state index in [1.54, 1.807) is 0 Å². The molecule has 0 aliphatic carbocycles. The first-order valence-electron chi connectivity index (χ1n) is 7.38. The van der Waals surface area contributed by atoms with Crippen LogP contribution in [0, 0.1) is 5.92 Å². The van der Waals surface area contributed by atoms with Gasteiger partial charge in [-0.3, -0.25) is 0 Å². The van der Waals surface area contributed by atoms with Crippen LogP contribution in [0.2, 0.25) is 0 Å². The van der Waals surface area contributed by atoms with Crippen LogP contribution in [0.1, 0.15) is 44.0 Å². The van der Waals surface area contributed by atoms with Crippen molar-refractivity contribution >= 4 is 21.7 Å². The van der Waals surface area contributed by atoms with Crippen LogP contribution < -0.4 is 10.0 Å². The summed E-state index contributed by atoms with van der Waals surface area (Å²) < 4.78 is 26.8. The number of rotatable bonds is 9. The van der Waals surface area contributed by atoms with Crippen molar-refractivity contribution in [3.05, 3.63) is 23.8 Å². The normalized spacial score (nSPS) is 11.6. The number of nitrogens with one attached hydrogen (secondary N) is 2. The lowest BCUT2D eigenvalue weighted by Crippen LogP contribution is -2.27. The predicted molar refractivity (Wildman–Crippen MR) is 86.8 cm³/mol. The molecule has 3 N–H and O–H groups in total. The molecular formula is C15H24N2O4S. The highest BCUT2D eigenvalue weighted by molar-refractivity contribution is 7.89. The lowest BCUT2D eigenvalue weighted by Gasteiger charge is -2.13. The number of carboxylic acids is 1. The van der Waals surface area contributed by atoms with E-state index in [-0.39, 0.29) is 16.4 Å². The standard InChI is InChI=1S/C15H24N2O4S/c1-4-5-8-16-14-7-6-12(9-13(14)15(18)19)22(20,21)17-10-11(2)3/h6-7,9,11,16-17H,4-5,8,10H2,1-3H3,(H,18,19). The van der Waals surface area contributed by atoms with Crippen molar-refractivity contribution in [3.63, 3.8) is 0 Å². The molecule has 1 aromatic carbocycles. The number of unbranched alkanes of at least 4 members (excludes halogenated alkanes) is 1. The summed E-state index contributed by atoms with van der Waals surface area (Å²) in [5.41, 5.74) is 0.396. The number of sulfonamides is 1. The van der Waals surface area contributed by atoms with Gasteiger partial charge in [-0.05, 0) is 30.5 Å². The summed E-state index contributed by atoms with van der Waals surface area (Å²) >= 11 is 0. The Kier molecular flexibility index (Phi) is 6.83. The van der Waals surface area contributed by atoms with Gasteiger partial charge in [0.15, 0.2) is 0 Å². The van der Waals surface area contributed by atoms with E-state index in [4.69, 9.17) is 0 Å². The minimum absolute atomic E-state index is 0.0356. The zero-order valence-corrected chi connectivity index (χ0v) is 14.0. The third kappa shape index (κ3) is 5.31. The number of carboxylic acid groups (broad SMARTS) is 1.